The maximum atomic E-state index is 12.8. The molecule has 0 radical (unpaired) electrons. The lowest BCUT2D eigenvalue weighted by atomic mass is 10.0. The third kappa shape index (κ3) is 16.5. The van der Waals surface area contributed by atoms with Gasteiger partial charge in [-0.15, -0.1) is 0 Å². The highest BCUT2D eigenvalue weighted by molar-refractivity contribution is 7.98. The van der Waals surface area contributed by atoms with Crippen LogP contribution in [-0.4, -0.2) is 80.7 Å². The number of nitrogens with one attached hydrogen (secondary N) is 3. The minimum atomic E-state index is -0.562. The molecule has 3 fully saturated rings. The Hall–Kier alpha value is -3.44. The molecule has 290 valence electrons. The number of hydrogen-bond acceptors (Lipinski definition) is 8. The van der Waals surface area contributed by atoms with E-state index in [-0.39, 0.29) is 24.6 Å². The monoisotopic (exact) mass is 740 g/mol. The molecule has 2 aromatic rings. The van der Waals surface area contributed by atoms with Crippen molar-refractivity contribution in [2.24, 2.45) is 0 Å². The molecule has 2 unspecified atom stereocenters. The molecule has 52 heavy (non-hydrogen) atoms. The van der Waals surface area contributed by atoms with E-state index in [0.29, 0.717) is 25.6 Å². The average molecular weight is 741 g/mol. The summed E-state index contributed by atoms with van der Waals surface area (Å²) in [5, 5.41) is 9.13. The third-order valence-corrected chi connectivity index (χ3v) is 10.4. The largest absolute Gasteiger partial charge is 0.496 e. The molecule has 0 spiro atoms. The zero-order valence-electron chi connectivity index (χ0n) is 32.1. The highest BCUT2D eigenvalue weighted by Gasteiger charge is 2.38. The van der Waals surface area contributed by atoms with Crippen molar-refractivity contribution >= 4 is 41.1 Å². The number of carbonyl (C=O) groups is 3. The van der Waals surface area contributed by atoms with E-state index >= 15 is 0 Å². The van der Waals surface area contributed by atoms with Gasteiger partial charge in [-0.2, -0.15) is 0 Å². The Kier molecular flexibility index (Phi) is 20.4. The SMILES string of the molecule is C=C(NC1CC1)C1CC(OC)CN1C(=O)CNC(=O)OCCCCCCc1cc2ccccc2cc1OC.CCCCCCC.O=CNSC1CC1. The number of nitrogens with zero attached hydrogens (tertiary/aromatic N) is 1. The maximum Gasteiger partial charge on any atom is 0.407 e. The van der Waals surface area contributed by atoms with Crippen LogP contribution in [0.2, 0.25) is 0 Å². The molecule has 10 nitrogen and oxygen atoms in total. The number of alkyl carbamates (subject to hydrolysis) is 1. The third-order valence-electron chi connectivity index (χ3n) is 9.41. The summed E-state index contributed by atoms with van der Waals surface area (Å²) < 4.78 is 18.9. The number of fused-ring (bicyclic) bond motifs is 1. The molecular weight excluding hydrogens is 677 g/mol. The average Bonchev–Trinajstić information content (AvgIpc) is 4.11. The van der Waals surface area contributed by atoms with Gasteiger partial charge in [0.2, 0.25) is 12.3 Å². The molecule has 3 N–H and O–H groups in total. The molecule has 11 heteroatoms. The van der Waals surface area contributed by atoms with Crippen LogP contribution in [0.1, 0.15) is 109 Å². The van der Waals surface area contributed by atoms with Crippen LogP contribution in [0.15, 0.2) is 48.7 Å². The van der Waals surface area contributed by atoms with E-state index in [2.05, 4.69) is 66.1 Å². The lowest BCUT2D eigenvalue weighted by Crippen LogP contribution is -2.45. The van der Waals surface area contributed by atoms with Crippen LogP contribution in [0.3, 0.4) is 0 Å². The van der Waals surface area contributed by atoms with Crippen LogP contribution >= 0.6 is 11.9 Å². The van der Waals surface area contributed by atoms with Gasteiger partial charge in [0, 0.05) is 37.1 Å². The number of aryl methyl sites for hydroxylation is 1. The van der Waals surface area contributed by atoms with Crippen molar-refractivity contribution in [2.75, 3.05) is 33.9 Å². The first-order chi connectivity index (χ1) is 25.3. The van der Waals surface area contributed by atoms with Crippen molar-refractivity contribution in [3.05, 3.63) is 54.2 Å². The lowest BCUT2D eigenvalue weighted by molar-refractivity contribution is -0.130. The highest BCUT2D eigenvalue weighted by atomic mass is 32.2. The van der Waals surface area contributed by atoms with E-state index < -0.39 is 6.09 Å². The zero-order valence-corrected chi connectivity index (χ0v) is 32.9. The van der Waals surface area contributed by atoms with Crippen molar-refractivity contribution in [1.82, 2.24) is 20.3 Å². The summed E-state index contributed by atoms with van der Waals surface area (Å²) in [6, 6.07) is 13.0. The number of benzene rings is 2. The molecule has 3 aliphatic rings. The smallest absolute Gasteiger partial charge is 0.407 e. The summed E-state index contributed by atoms with van der Waals surface area (Å²) in [6.45, 7) is 9.36. The van der Waals surface area contributed by atoms with E-state index in [4.69, 9.17) is 14.2 Å². The molecule has 2 aromatic carbocycles. The molecule has 5 rings (SSSR count). The molecule has 0 aromatic heterocycles. The number of unbranched alkanes of at least 4 members (excludes halogenated alkanes) is 7. The first-order valence-corrected chi connectivity index (χ1v) is 20.3. The number of rotatable bonds is 21. The number of methoxy groups -OCH3 is 2. The van der Waals surface area contributed by atoms with Gasteiger partial charge in [-0.1, -0.05) is 89.6 Å². The normalized spacial score (nSPS) is 17.6. The number of ether oxygens (including phenoxy) is 3. The van der Waals surface area contributed by atoms with E-state index in [1.54, 1.807) is 19.1 Å². The second-order valence-corrected chi connectivity index (χ2v) is 15.0. The van der Waals surface area contributed by atoms with Crippen LogP contribution < -0.4 is 20.1 Å². The number of amides is 3. The molecule has 3 amide bonds. The van der Waals surface area contributed by atoms with E-state index in [1.807, 2.05) is 6.07 Å². The van der Waals surface area contributed by atoms with Gasteiger partial charge < -0.3 is 34.5 Å². The van der Waals surface area contributed by atoms with Crippen molar-refractivity contribution in [3.63, 3.8) is 0 Å². The molecule has 2 saturated carbocycles. The Labute approximate surface area is 316 Å². The number of likely N-dealkylation sites (tertiary alicyclic amines) is 1. The van der Waals surface area contributed by atoms with Gasteiger partial charge in [0.15, 0.2) is 0 Å². The van der Waals surface area contributed by atoms with Crippen LogP contribution in [0.25, 0.3) is 10.8 Å². The molecule has 1 heterocycles. The van der Waals surface area contributed by atoms with Crippen LogP contribution in [-0.2, 0) is 25.5 Å². The molecular formula is C41H64N4O6S. The van der Waals surface area contributed by atoms with Crippen molar-refractivity contribution in [2.45, 2.75) is 134 Å². The number of hydrogen-bond donors (Lipinski definition) is 3. The fourth-order valence-corrected chi connectivity index (χ4v) is 6.65. The molecule has 2 aliphatic carbocycles. The van der Waals surface area contributed by atoms with Gasteiger partial charge in [-0.25, -0.2) is 4.79 Å². The standard InChI is InChI=1S/C30H41N3O5.C7H16.C4H7NOS/c1-21(32-25-13-14-25)27-18-26(36-2)20-33(27)29(34)19-31-30(35)38-15-9-5-4-6-12-24-16-22-10-7-8-11-23(22)17-28(24)37-3;1-3-5-7-6-4-2;6-3-5-7-4-1-2-4/h7-8,10-11,16-17,25-27,32H,1,4-6,9,12-15,18-20H2,2-3H3,(H,31,35);3-7H2,1-2H3;3-4H,1-2H2,(H,5,6). The van der Waals surface area contributed by atoms with Gasteiger partial charge in [-0.3, -0.25) is 9.59 Å². The van der Waals surface area contributed by atoms with Gasteiger partial charge in [0.1, 0.15) is 12.3 Å². The van der Waals surface area contributed by atoms with E-state index in [1.165, 1.54) is 73.2 Å². The number of carbonyl (C=O) groups excluding carboxylic acids is 3. The second kappa shape index (κ2) is 24.7. The fraction of sp³-hybridized carbons (Fsp3) is 0.634. The Morgan fingerprint density at radius 1 is 0.942 bits per heavy atom. The summed E-state index contributed by atoms with van der Waals surface area (Å²) in [7, 11) is 3.37. The Bertz CT molecular complexity index is 1360. The summed E-state index contributed by atoms with van der Waals surface area (Å²) in [6.07, 6.45) is 17.4. The van der Waals surface area contributed by atoms with Gasteiger partial charge >= 0.3 is 6.09 Å². The first-order valence-electron chi connectivity index (χ1n) is 19.4. The Morgan fingerprint density at radius 2 is 1.62 bits per heavy atom. The van der Waals surface area contributed by atoms with Crippen molar-refractivity contribution in [3.8, 4) is 5.75 Å². The van der Waals surface area contributed by atoms with Gasteiger partial charge in [0.05, 0.1) is 25.9 Å². The predicted molar refractivity (Wildman–Crippen MR) is 212 cm³/mol. The lowest BCUT2D eigenvalue weighted by Gasteiger charge is -2.27. The summed E-state index contributed by atoms with van der Waals surface area (Å²) in [5.74, 6) is 0.772. The molecule has 2 atom stereocenters. The Morgan fingerprint density at radius 3 is 2.23 bits per heavy atom. The summed E-state index contributed by atoms with van der Waals surface area (Å²) in [5.41, 5.74) is 2.07. The highest BCUT2D eigenvalue weighted by Crippen LogP contribution is 2.31. The summed E-state index contributed by atoms with van der Waals surface area (Å²) in [4.78, 5) is 36.3. The topological polar surface area (TPSA) is 118 Å². The van der Waals surface area contributed by atoms with Crippen LogP contribution in [0.4, 0.5) is 4.79 Å². The quantitative estimate of drug-likeness (QED) is 0.0669. The Balaban J connectivity index is 0.000000434. The first kappa shape index (κ1) is 43.0. The summed E-state index contributed by atoms with van der Waals surface area (Å²) >= 11 is 1.52. The fourth-order valence-electron chi connectivity index (χ4n) is 6.04. The minimum absolute atomic E-state index is 0.0315. The predicted octanol–water partition coefficient (Wildman–Crippen LogP) is 8.08. The van der Waals surface area contributed by atoms with Gasteiger partial charge in [-0.05, 0) is 85.4 Å². The molecule has 1 aliphatic heterocycles. The van der Waals surface area contributed by atoms with Gasteiger partial charge in [0.25, 0.3) is 0 Å². The van der Waals surface area contributed by atoms with Crippen LogP contribution in [0, 0.1) is 0 Å². The van der Waals surface area contributed by atoms with Crippen molar-refractivity contribution in [1.29, 1.82) is 0 Å². The van der Waals surface area contributed by atoms with Crippen LogP contribution in [0.5, 0.6) is 5.75 Å². The van der Waals surface area contributed by atoms with Crippen molar-refractivity contribution < 1.29 is 28.6 Å². The molecule has 1 saturated heterocycles. The van der Waals surface area contributed by atoms with E-state index in [9.17, 15) is 14.4 Å². The zero-order chi connectivity index (χ0) is 37.6. The minimum Gasteiger partial charge on any atom is -0.496 e. The second-order valence-electron chi connectivity index (χ2n) is 13.9. The van der Waals surface area contributed by atoms with E-state index in [0.717, 1.165) is 68.1 Å². The molecule has 0 bridgehead atoms. The maximum absolute atomic E-state index is 12.8.